The Morgan fingerprint density at radius 3 is 2.40 bits per heavy atom. The fourth-order valence-corrected chi connectivity index (χ4v) is 2.58. The monoisotopic (exact) mass is 212 g/mol. The number of methoxy groups -OCH3 is 1. The molecule has 0 aromatic heterocycles. The van der Waals surface area contributed by atoms with Crippen LogP contribution in [0.2, 0.25) is 0 Å². The molecule has 2 rings (SSSR count). The number of likely N-dealkylation sites (N-methyl/N-ethyl adjacent to an activating group) is 1. The molecule has 1 N–H and O–H groups in total. The van der Waals surface area contributed by atoms with Gasteiger partial charge in [-0.25, -0.2) is 0 Å². The van der Waals surface area contributed by atoms with Crippen LogP contribution in [0.3, 0.4) is 0 Å². The van der Waals surface area contributed by atoms with Crippen molar-refractivity contribution < 1.29 is 4.74 Å². The number of hydrogen-bond donors (Lipinski definition) is 1. The zero-order valence-electron chi connectivity index (χ0n) is 10.0. The third-order valence-electron chi connectivity index (χ3n) is 3.88. The quantitative estimate of drug-likeness (QED) is 0.738. The van der Waals surface area contributed by atoms with E-state index in [9.17, 15) is 0 Å². The number of nitrogens with zero attached hydrogens (tertiary/aromatic N) is 1. The van der Waals surface area contributed by atoms with Crippen molar-refractivity contribution in [2.75, 3.05) is 33.8 Å². The van der Waals surface area contributed by atoms with Crippen LogP contribution in [-0.4, -0.2) is 50.8 Å². The first kappa shape index (κ1) is 11.4. The fraction of sp³-hybridized carbons (Fsp3) is 1.00. The maximum Gasteiger partial charge on any atom is 0.0595 e. The second-order valence-electron chi connectivity index (χ2n) is 4.97. The number of piperidine rings is 1. The minimum Gasteiger partial charge on any atom is -0.381 e. The van der Waals surface area contributed by atoms with Gasteiger partial charge in [-0.05, 0) is 38.6 Å². The van der Waals surface area contributed by atoms with Crippen molar-refractivity contribution >= 4 is 0 Å². The second-order valence-corrected chi connectivity index (χ2v) is 4.97. The van der Waals surface area contributed by atoms with Gasteiger partial charge < -0.3 is 15.0 Å². The first-order chi connectivity index (χ1) is 7.33. The van der Waals surface area contributed by atoms with Crippen molar-refractivity contribution in [3.05, 3.63) is 0 Å². The van der Waals surface area contributed by atoms with Crippen molar-refractivity contribution in [2.45, 2.75) is 37.8 Å². The van der Waals surface area contributed by atoms with Crippen molar-refractivity contribution in [3.63, 3.8) is 0 Å². The lowest BCUT2D eigenvalue weighted by Crippen LogP contribution is -2.45. The van der Waals surface area contributed by atoms with Gasteiger partial charge in [0.2, 0.25) is 0 Å². The first-order valence-electron chi connectivity index (χ1n) is 6.26. The van der Waals surface area contributed by atoms with Gasteiger partial charge in [-0.3, -0.25) is 0 Å². The largest absolute Gasteiger partial charge is 0.381 e. The Kier molecular flexibility index (Phi) is 4.00. The zero-order chi connectivity index (χ0) is 10.7. The minimum absolute atomic E-state index is 0.509. The van der Waals surface area contributed by atoms with E-state index < -0.39 is 0 Å². The van der Waals surface area contributed by atoms with E-state index in [1.54, 1.807) is 0 Å². The molecule has 1 aliphatic carbocycles. The van der Waals surface area contributed by atoms with Gasteiger partial charge in [0.05, 0.1) is 6.10 Å². The molecule has 0 aromatic rings. The average molecular weight is 212 g/mol. The summed E-state index contributed by atoms with van der Waals surface area (Å²) in [6.07, 6.45) is 5.78. The normalized spacial score (nSPS) is 26.8. The molecule has 0 amide bonds. The molecule has 1 saturated heterocycles. The highest BCUT2D eigenvalue weighted by Crippen LogP contribution is 2.33. The summed E-state index contributed by atoms with van der Waals surface area (Å²) in [6, 6.07) is 0.726. The summed E-state index contributed by atoms with van der Waals surface area (Å²) in [5.74, 6) is 0.954. The number of rotatable bonds is 5. The van der Waals surface area contributed by atoms with Crippen LogP contribution in [0.5, 0.6) is 0 Å². The molecule has 0 bridgehead atoms. The molecule has 2 aliphatic rings. The van der Waals surface area contributed by atoms with E-state index in [0.717, 1.165) is 12.0 Å². The zero-order valence-corrected chi connectivity index (χ0v) is 10.0. The van der Waals surface area contributed by atoms with Crippen molar-refractivity contribution in [1.29, 1.82) is 0 Å². The van der Waals surface area contributed by atoms with E-state index in [0.29, 0.717) is 6.10 Å². The Hall–Kier alpha value is -0.120. The van der Waals surface area contributed by atoms with E-state index in [1.165, 1.54) is 45.3 Å². The van der Waals surface area contributed by atoms with Crippen LogP contribution in [0, 0.1) is 5.92 Å². The fourth-order valence-electron chi connectivity index (χ4n) is 2.58. The van der Waals surface area contributed by atoms with Gasteiger partial charge in [0, 0.05) is 32.8 Å². The summed E-state index contributed by atoms with van der Waals surface area (Å²) in [5, 5.41) is 3.46. The SMILES string of the molecule is CNC(CN1CCC(OC)CC1)C1CC1. The Labute approximate surface area is 93.2 Å². The molecule has 0 radical (unpaired) electrons. The Balaban J connectivity index is 1.70. The summed E-state index contributed by atoms with van der Waals surface area (Å²) >= 11 is 0. The summed E-state index contributed by atoms with van der Waals surface area (Å²) in [5.41, 5.74) is 0. The molecule has 88 valence electrons. The molecule has 15 heavy (non-hydrogen) atoms. The lowest BCUT2D eigenvalue weighted by Gasteiger charge is -2.33. The van der Waals surface area contributed by atoms with Crippen LogP contribution in [0.1, 0.15) is 25.7 Å². The highest BCUT2D eigenvalue weighted by Gasteiger charge is 2.32. The van der Waals surface area contributed by atoms with Gasteiger partial charge >= 0.3 is 0 Å². The molecular formula is C12H24N2O. The van der Waals surface area contributed by atoms with E-state index in [2.05, 4.69) is 17.3 Å². The van der Waals surface area contributed by atoms with Gasteiger partial charge in [-0.2, -0.15) is 0 Å². The third kappa shape index (κ3) is 3.16. The molecule has 2 fully saturated rings. The van der Waals surface area contributed by atoms with E-state index in [1.807, 2.05) is 7.11 Å². The van der Waals surface area contributed by atoms with E-state index >= 15 is 0 Å². The maximum atomic E-state index is 5.39. The standard InChI is InChI=1S/C12H24N2O/c1-13-12(10-3-4-10)9-14-7-5-11(15-2)6-8-14/h10-13H,3-9H2,1-2H3. The average Bonchev–Trinajstić information content (AvgIpc) is 3.10. The summed E-state index contributed by atoms with van der Waals surface area (Å²) < 4.78 is 5.39. The molecule has 0 spiro atoms. The van der Waals surface area contributed by atoms with Crippen LogP contribution >= 0.6 is 0 Å². The van der Waals surface area contributed by atoms with E-state index in [-0.39, 0.29) is 0 Å². The number of ether oxygens (including phenoxy) is 1. The Morgan fingerprint density at radius 2 is 1.93 bits per heavy atom. The molecule has 1 unspecified atom stereocenters. The maximum absolute atomic E-state index is 5.39. The smallest absolute Gasteiger partial charge is 0.0595 e. The third-order valence-corrected chi connectivity index (χ3v) is 3.88. The Morgan fingerprint density at radius 1 is 1.27 bits per heavy atom. The molecule has 1 aliphatic heterocycles. The van der Waals surface area contributed by atoms with Crippen LogP contribution in [0.4, 0.5) is 0 Å². The second kappa shape index (κ2) is 5.28. The van der Waals surface area contributed by atoms with E-state index in [4.69, 9.17) is 4.74 Å². The van der Waals surface area contributed by atoms with Gasteiger partial charge in [-0.15, -0.1) is 0 Å². The Bertz CT molecular complexity index is 186. The van der Waals surface area contributed by atoms with Crippen LogP contribution in [-0.2, 0) is 4.74 Å². The highest BCUT2D eigenvalue weighted by molar-refractivity contribution is 4.88. The van der Waals surface area contributed by atoms with Crippen LogP contribution in [0.25, 0.3) is 0 Å². The van der Waals surface area contributed by atoms with Crippen molar-refractivity contribution in [1.82, 2.24) is 10.2 Å². The topological polar surface area (TPSA) is 24.5 Å². The van der Waals surface area contributed by atoms with Gasteiger partial charge in [0.15, 0.2) is 0 Å². The highest BCUT2D eigenvalue weighted by atomic mass is 16.5. The van der Waals surface area contributed by atoms with Crippen LogP contribution in [0.15, 0.2) is 0 Å². The van der Waals surface area contributed by atoms with Gasteiger partial charge in [0.1, 0.15) is 0 Å². The molecule has 3 nitrogen and oxygen atoms in total. The van der Waals surface area contributed by atoms with Gasteiger partial charge in [-0.1, -0.05) is 0 Å². The summed E-state index contributed by atoms with van der Waals surface area (Å²) in [7, 11) is 3.94. The summed E-state index contributed by atoms with van der Waals surface area (Å²) in [4.78, 5) is 2.59. The molecular weight excluding hydrogens is 188 g/mol. The minimum atomic E-state index is 0.509. The molecule has 1 saturated carbocycles. The molecule has 0 aromatic carbocycles. The predicted molar refractivity (Wildman–Crippen MR) is 62.0 cm³/mol. The number of likely N-dealkylation sites (tertiary alicyclic amines) is 1. The van der Waals surface area contributed by atoms with Crippen LogP contribution < -0.4 is 5.32 Å². The number of hydrogen-bond acceptors (Lipinski definition) is 3. The van der Waals surface area contributed by atoms with Gasteiger partial charge in [0.25, 0.3) is 0 Å². The molecule has 1 heterocycles. The molecule has 1 atom stereocenters. The predicted octanol–water partition coefficient (Wildman–Crippen LogP) is 1.10. The number of nitrogens with one attached hydrogen (secondary N) is 1. The van der Waals surface area contributed by atoms with Crippen molar-refractivity contribution in [2.24, 2.45) is 5.92 Å². The lowest BCUT2D eigenvalue weighted by molar-refractivity contribution is 0.0379. The lowest BCUT2D eigenvalue weighted by atomic mass is 10.1. The first-order valence-corrected chi connectivity index (χ1v) is 6.26. The molecule has 3 heteroatoms. The van der Waals surface area contributed by atoms with Crippen molar-refractivity contribution in [3.8, 4) is 0 Å². The summed E-state index contributed by atoms with van der Waals surface area (Å²) in [6.45, 7) is 3.66.